The van der Waals surface area contributed by atoms with E-state index >= 15 is 0 Å². The van der Waals surface area contributed by atoms with E-state index in [0.29, 0.717) is 10.7 Å². The largest absolute Gasteiger partial charge is 0.350 e. The van der Waals surface area contributed by atoms with Gasteiger partial charge in [0.05, 0.1) is 0 Å². The molecule has 3 aromatic rings. The molecule has 0 atom stereocenters. The monoisotopic (exact) mass is 396 g/mol. The van der Waals surface area contributed by atoms with Crippen molar-refractivity contribution < 1.29 is 9.59 Å². The van der Waals surface area contributed by atoms with E-state index < -0.39 is 17.4 Å². The van der Waals surface area contributed by atoms with Gasteiger partial charge in [-0.3, -0.25) is 14.4 Å². The van der Waals surface area contributed by atoms with Crippen LogP contribution in [0.2, 0.25) is 5.02 Å². The van der Waals surface area contributed by atoms with Crippen molar-refractivity contribution >= 4 is 29.1 Å². The summed E-state index contributed by atoms with van der Waals surface area (Å²) in [5.41, 5.74) is 0.907. The summed E-state index contributed by atoms with van der Waals surface area (Å²) in [6, 6.07) is 18.5. The number of halogens is 1. The Kier molecular flexibility index (Phi) is 6.18. The van der Waals surface area contributed by atoms with Crippen molar-refractivity contribution in [1.29, 1.82) is 0 Å². The van der Waals surface area contributed by atoms with Gasteiger partial charge >= 0.3 is 0 Å². The number of para-hydroxylation sites is 1. The van der Waals surface area contributed by atoms with Gasteiger partial charge in [-0.2, -0.15) is 5.10 Å². The van der Waals surface area contributed by atoms with Gasteiger partial charge in [-0.1, -0.05) is 48.0 Å². The maximum atomic E-state index is 12.3. The molecule has 0 fully saturated rings. The molecular weight excluding hydrogens is 380 g/mol. The molecule has 3 rings (SSSR count). The van der Waals surface area contributed by atoms with Crippen LogP contribution in [0.5, 0.6) is 0 Å². The lowest BCUT2D eigenvalue weighted by atomic mass is 10.2. The second-order valence-electron chi connectivity index (χ2n) is 5.90. The third-order valence-electron chi connectivity index (χ3n) is 3.86. The van der Waals surface area contributed by atoms with Gasteiger partial charge in [0.1, 0.15) is 12.2 Å². The molecule has 7 nitrogen and oxygen atoms in total. The van der Waals surface area contributed by atoms with E-state index in [0.717, 1.165) is 10.2 Å². The highest BCUT2D eigenvalue weighted by molar-refractivity contribution is 6.31. The molecule has 142 valence electrons. The summed E-state index contributed by atoms with van der Waals surface area (Å²) in [4.78, 5) is 36.5. The first-order valence-corrected chi connectivity index (χ1v) is 8.85. The first-order valence-electron chi connectivity index (χ1n) is 8.47. The van der Waals surface area contributed by atoms with Gasteiger partial charge in [-0.15, -0.1) is 0 Å². The van der Waals surface area contributed by atoms with Crippen molar-refractivity contribution in [2.45, 2.75) is 13.1 Å². The van der Waals surface area contributed by atoms with E-state index in [9.17, 15) is 14.4 Å². The fraction of sp³-hybridized carbons (Fsp3) is 0.100. The van der Waals surface area contributed by atoms with Gasteiger partial charge in [0.15, 0.2) is 0 Å². The Hall–Kier alpha value is -3.45. The van der Waals surface area contributed by atoms with Gasteiger partial charge in [0, 0.05) is 23.3 Å². The molecule has 0 spiro atoms. The van der Waals surface area contributed by atoms with Crippen LogP contribution in [0.3, 0.4) is 0 Å². The summed E-state index contributed by atoms with van der Waals surface area (Å²) in [7, 11) is 0. The third kappa shape index (κ3) is 5.05. The Morgan fingerprint density at radius 3 is 2.43 bits per heavy atom. The second-order valence-corrected chi connectivity index (χ2v) is 6.31. The van der Waals surface area contributed by atoms with Crippen molar-refractivity contribution in [3.8, 4) is 0 Å². The van der Waals surface area contributed by atoms with E-state index in [4.69, 9.17) is 11.6 Å². The summed E-state index contributed by atoms with van der Waals surface area (Å²) in [5.74, 6) is -0.897. The number of hydrogen-bond donors (Lipinski definition) is 2. The molecule has 2 N–H and O–H groups in total. The smallest absolute Gasteiger partial charge is 0.276 e. The summed E-state index contributed by atoms with van der Waals surface area (Å²) in [6.45, 7) is -0.0861. The number of nitrogens with one attached hydrogen (secondary N) is 2. The normalized spacial score (nSPS) is 10.3. The van der Waals surface area contributed by atoms with Crippen LogP contribution < -0.4 is 16.2 Å². The quantitative estimate of drug-likeness (QED) is 0.669. The molecule has 2 aromatic carbocycles. The number of carbonyl (C=O) groups is 2. The van der Waals surface area contributed by atoms with Crippen LogP contribution in [-0.4, -0.2) is 21.6 Å². The fourth-order valence-electron chi connectivity index (χ4n) is 2.43. The van der Waals surface area contributed by atoms with Gasteiger partial charge in [-0.05, 0) is 29.8 Å². The number of rotatable bonds is 6. The van der Waals surface area contributed by atoms with Crippen LogP contribution in [0.1, 0.15) is 16.1 Å². The Bertz CT molecular complexity index is 1050. The van der Waals surface area contributed by atoms with E-state index in [1.807, 2.05) is 12.1 Å². The lowest BCUT2D eigenvalue weighted by molar-refractivity contribution is -0.122. The Morgan fingerprint density at radius 2 is 1.68 bits per heavy atom. The molecule has 0 saturated heterocycles. The number of aromatic nitrogens is 2. The number of carbonyl (C=O) groups excluding carboxylic acids is 2. The van der Waals surface area contributed by atoms with E-state index in [2.05, 4.69) is 15.7 Å². The van der Waals surface area contributed by atoms with Gasteiger partial charge in [0.2, 0.25) is 5.91 Å². The van der Waals surface area contributed by atoms with Gasteiger partial charge in [0.25, 0.3) is 11.5 Å². The maximum Gasteiger partial charge on any atom is 0.276 e. The standard InChI is InChI=1S/C20H17ClN4O3/c21-16-9-5-4-6-14(16)12-22-18(26)13-25-19(27)11-10-17(24-25)20(28)23-15-7-2-1-3-8-15/h1-11H,12-13H2,(H,22,26)(H,23,28). The average molecular weight is 397 g/mol. The molecule has 28 heavy (non-hydrogen) atoms. The molecule has 1 heterocycles. The number of nitrogens with zero attached hydrogens (tertiary/aromatic N) is 2. The van der Waals surface area contributed by atoms with Gasteiger partial charge < -0.3 is 10.6 Å². The lowest BCUT2D eigenvalue weighted by Crippen LogP contribution is -2.34. The van der Waals surface area contributed by atoms with Crippen molar-refractivity contribution in [2.75, 3.05) is 5.32 Å². The highest BCUT2D eigenvalue weighted by Gasteiger charge is 2.12. The molecule has 8 heteroatoms. The summed E-state index contributed by atoms with van der Waals surface area (Å²) in [6.07, 6.45) is 0. The van der Waals surface area contributed by atoms with Crippen LogP contribution in [0.4, 0.5) is 5.69 Å². The van der Waals surface area contributed by atoms with Crippen LogP contribution in [0, 0.1) is 0 Å². The lowest BCUT2D eigenvalue weighted by Gasteiger charge is -2.09. The minimum Gasteiger partial charge on any atom is -0.350 e. The SMILES string of the molecule is O=C(Cn1nc(C(=O)Nc2ccccc2)ccc1=O)NCc1ccccc1Cl. The zero-order valence-electron chi connectivity index (χ0n) is 14.8. The molecule has 0 aliphatic carbocycles. The number of anilines is 1. The second kappa shape index (κ2) is 8.96. The average Bonchev–Trinajstić information content (AvgIpc) is 2.70. The Labute approximate surface area is 166 Å². The molecule has 0 unspecified atom stereocenters. The zero-order chi connectivity index (χ0) is 19.9. The molecule has 0 bridgehead atoms. The van der Waals surface area contributed by atoms with Crippen molar-refractivity contribution in [2.24, 2.45) is 0 Å². The van der Waals surface area contributed by atoms with Crippen LogP contribution >= 0.6 is 11.6 Å². The van der Waals surface area contributed by atoms with E-state index in [1.165, 1.54) is 12.1 Å². The van der Waals surface area contributed by atoms with Crippen molar-refractivity contribution in [3.63, 3.8) is 0 Å². The van der Waals surface area contributed by atoms with Gasteiger partial charge in [-0.25, -0.2) is 4.68 Å². The molecule has 0 saturated carbocycles. The first kappa shape index (κ1) is 19.3. The van der Waals surface area contributed by atoms with Crippen molar-refractivity contribution in [3.05, 3.63) is 93.4 Å². The summed E-state index contributed by atoms with van der Waals surface area (Å²) in [5, 5.41) is 9.89. The molecule has 0 aliphatic rings. The summed E-state index contributed by atoms with van der Waals surface area (Å²) < 4.78 is 0.946. The van der Waals surface area contributed by atoms with Crippen LogP contribution in [0.25, 0.3) is 0 Å². The summed E-state index contributed by atoms with van der Waals surface area (Å²) >= 11 is 6.05. The number of amides is 2. The van der Waals surface area contributed by atoms with E-state index in [1.54, 1.807) is 42.5 Å². The van der Waals surface area contributed by atoms with Crippen LogP contribution in [0.15, 0.2) is 71.5 Å². The minimum atomic E-state index is -0.482. The van der Waals surface area contributed by atoms with E-state index in [-0.39, 0.29) is 18.8 Å². The highest BCUT2D eigenvalue weighted by atomic mass is 35.5. The Morgan fingerprint density at radius 1 is 0.964 bits per heavy atom. The third-order valence-corrected chi connectivity index (χ3v) is 4.23. The predicted molar refractivity (Wildman–Crippen MR) is 106 cm³/mol. The molecular formula is C20H17ClN4O3. The molecule has 0 aliphatic heterocycles. The molecule has 1 aromatic heterocycles. The Balaban J connectivity index is 1.66. The number of hydrogen-bond acceptors (Lipinski definition) is 4. The zero-order valence-corrected chi connectivity index (χ0v) is 15.5. The maximum absolute atomic E-state index is 12.3. The fourth-order valence-corrected chi connectivity index (χ4v) is 2.63. The highest BCUT2D eigenvalue weighted by Crippen LogP contribution is 2.14. The molecule has 2 amide bonds. The topological polar surface area (TPSA) is 93.1 Å². The minimum absolute atomic E-state index is 0.0300. The number of benzene rings is 2. The van der Waals surface area contributed by atoms with Crippen molar-refractivity contribution in [1.82, 2.24) is 15.1 Å². The predicted octanol–water partition coefficient (Wildman–Crippen LogP) is 2.47. The first-order chi connectivity index (χ1) is 13.5. The van der Waals surface area contributed by atoms with Crippen LogP contribution in [-0.2, 0) is 17.9 Å². The molecule has 0 radical (unpaired) electrons.